The maximum atomic E-state index is 12.9. The molecule has 0 N–H and O–H groups in total. The molecule has 0 aliphatic carbocycles. The molecule has 1 atom stereocenters. The highest BCUT2D eigenvalue weighted by atomic mass is 19.1. The molecule has 2 nitrogen and oxygen atoms in total. The van der Waals surface area contributed by atoms with Crippen LogP contribution in [0.15, 0.2) is 36.0 Å². The molecule has 88 valence electrons. The van der Waals surface area contributed by atoms with Crippen LogP contribution in [-0.2, 0) is 4.79 Å². The Morgan fingerprint density at radius 3 is 2.71 bits per heavy atom. The van der Waals surface area contributed by atoms with Crippen LogP contribution >= 0.6 is 0 Å². The fraction of sp³-hybridized carbons (Fsp3) is 0.357. The first-order valence-electron chi connectivity index (χ1n) is 6.02. The first kappa shape index (κ1) is 10.5. The van der Waals surface area contributed by atoms with Gasteiger partial charge in [0.2, 0.25) is 5.91 Å². The van der Waals surface area contributed by atoms with Gasteiger partial charge in [-0.15, -0.1) is 0 Å². The number of hydrogen-bond donors (Lipinski definition) is 0. The maximum absolute atomic E-state index is 12.9. The van der Waals surface area contributed by atoms with Gasteiger partial charge in [0, 0.05) is 12.1 Å². The molecule has 1 fully saturated rings. The standard InChI is InChI=1S/C14H14FNO/c15-11-6-4-10(5-7-11)13-3-1-2-12-8-9-14(17)16(12)13/h2,4-7,13H,1,3,8-9H2. The lowest BCUT2D eigenvalue weighted by molar-refractivity contribution is -0.128. The molecule has 2 aliphatic rings. The van der Waals surface area contributed by atoms with Gasteiger partial charge in [-0.3, -0.25) is 4.79 Å². The SMILES string of the molecule is O=C1CCC2=CCCC(c3ccc(F)cc3)N12. The van der Waals surface area contributed by atoms with Gasteiger partial charge < -0.3 is 4.90 Å². The van der Waals surface area contributed by atoms with E-state index in [-0.39, 0.29) is 17.8 Å². The first-order chi connectivity index (χ1) is 8.25. The van der Waals surface area contributed by atoms with E-state index in [1.807, 2.05) is 4.90 Å². The van der Waals surface area contributed by atoms with Gasteiger partial charge in [0.05, 0.1) is 6.04 Å². The highest BCUT2D eigenvalue weighted by Crippen LogP contribution is 2.39. The van der Waals surface area contributed by atoms with E-state index in [9.17, 15) is 9.18 Å². The summed E-state index contributed by atoms with van der Waals surface area (Å²) < 4.78 is 12.9. The smallest absolute Gasteiger partial charge is 0.227 e. The number of amides is 1. The van der Waals surface area contributed by atoms with Crippen LogP contribution in [0.1, 0.15) is 37.3 Å². The third-order valence-electron chi connectivity index (χ3n) is 3.56. The molecule has 0 bridgehead atoms. The van der Waals surface area contributed by atoms with Gasteiger partial charge in [-0.05, 0) is 37.0 Å². The predicted molar refractivity (Wildman–Crippen MR) is 62.5 cm³/mol. The predicted octanol–water partition coefficient (Wildman–Crippen LogP) is 3.17. The molecule has 2 heterocycles. The van der Waals surface area contributed by atoms with E-state index in [1.165, 1.54) is 12.1 Å². The number of hydrogen-bond acceptors (Lipinski definition) is 1. The monoisotopic (exact) mass is 231 g/mol. The quantitative estimate of drug-likeness (QED) is 0.727. The van der Waals surface area contributed by atoms with Gasteiger partial charge in [0.15, 0.2) is 0 Å². The fourth-order valence-electron chi connectivity index (χ4n) is 2.75. The molecular weight excluding hydrogens is 217 g/mol. The molecule has 3 heteroatoms. The zero-order chi connectivity index (χ0) is 11.8. The van der Waals surface area contributed by atoms with Crippen molar-refractivity contribution in [1.29, 1.82) is 0 Å². The van der Waals surface area contributed by atoms with E-state index in [0.29, 0.717) is 6.42 Å². The number of carbonyl (C=O) groups excluding carboxylic acids is 1. The number of allylic oxidation sites excluding steroid dienone is 2. The zero-order valence-electron chi connectivity index (χ0n) is 9.53. The van der Waals surface area contributed by atoms with Crippen LogP contribution in [0.25, 0.3) is 0 Å². The van der Waals surface area contributed by atoms with Crippen molar-refractivity contribution in [2.75, 3.05) is 0 Å². The van der Waals surface area contributed by atoms with Crippen molar-refractivity contribution in [3.63, 3.8) is 0 Å². The second kappa shape index (κ2) is 3.99. The summed E-state index contributed by atoms with van der Waals surface area (Å²) in [5.74, 6) is -0.0293. The topological polar surface area (TPSA) is 20.3 Å². The Morgan fingerprint density at radius 1 is 1.18 bits per heavy atom. The number of nitrogens with zero attached hydrogens (tertiary/aromatic N) is 1. The fourth-order valence-corrected chi connectivity index (χ4v) is 2.75. The maximum Gasteiger partial charge on any atom is 0.227 e. The summed E-state index contributed by atoms with van der Waals surface area (Å²) in [6.45, 7) is 0. The molecule has 17 heavy (non-hydrogen) atoms. The Balaban J connectivity index is 1.95. The molecule has 0 radical (unpaired) electrons. The van der Waals surface area contributed by atoms with E-state index in [1.54, 1.807) is 12.1 Å². The van der Waals surface area contributed by atoms with Gasteiger partial charge in [-0.25, -0.2) is 4.39 Å². The molecule has 0 aromatic heterocycles. The highest BCUT2D eigenvalue weighted by Gasteiger charge is 2.34. The van der Waals surface area contributed by atoms with Gasteiger partial charge >= 0.3 is 0 Å². The van der Waals surface area contributed by atoms with Crippen LogP contribution in [0.5, 0.6) is 0 Å². The molecule has 1 amide bonds. The van der Waals surface area contributed by atoms with E-state index >= 15 is 0 Å². The Labute approximate surface area is 99.7 Å². The molecule has 1 aromatic rings. The van der Waals surface area contributed by atoms with Crippen LogP contribution < -0.4 is 0 Å². The third-order valence-corrected chi connectivity index (χ3v) is 3.56. The summed E-state index contributed by atoms with van der Waals surface area (Å²) >= 11 is 0. The summed E-state index contributed by atoms with van der Waals surface area (Å²) in [5, 5.41) is 0. The second-order valence-corrected chi connectivity index (χ2v) is 4.60. The van der Waals surface area contributed by atoms with Crippen molar-refractivity contribution < 1.29 is 9.18 Å². The summed E-state index contributed by atoms with van der Waals surface area (Å²) in [4.78, 5) is 13.8. The molecule has 1 aromatic carbocycles. The van der Waals surface area contributed by atoms with Gasteiger partial charge in [-0.1, -0.05) is 18.2 Å². The van der Waals surface area contributed by atoms with Crippen molar-refractivity contribution in [3.05, 3.63) is 47.4 Å². The van der Waals surface area contributed by atoms with Crippen LogP contribution in [0.2, 0.25) is 0 Å². The summed E-state index contributed by atoms with van der Waals surface area (Å²) in [6, 6.07) is 6.61. The number of rotatable bonds is 1. The van der Waals surface area contributed by atoms with Gasteiger partial charge in [-0.2, -0.15) is 0 Å². The largest absolute Gasteiger partial charge is 0.309 e. The van der Waals surface area contributed by atoms with Crippen molar-refractivity contribution in [2.24, 2.45) is 0 Å². The number of benzene rings is 1. The Bertz CT molecular complexity index is 478. The Kier molecular flexibility index (Phi) is 2.46. The first-order valence-corrected chi connectivity index (χ1v) is 6.02. The number of fused-ring (bicyclic) bond motifs is 1. The van der Waals surface area contributed by atoms with E-state index in [0.717, 1.165) is 30.5 Å². The number of halogens is 1. The third kappa shape index (κ3) is 1.75. The lowest BCUT2D eigenvalue weighted by Gasteiger charge is -2.32. The highest BCUT2D eigenvalue weighted by molar-refractivity contribution is 5.82. The van der Waals surface area contributed by atoms with Crippen LogP contribution in [-0.4, -0.2) is 10.8 Å². The summed E-state index contributed by atoms with van der Waals surface area (Å²) in [5.41, 5.74) is 2.18. The average Bonchev–Trinajstić information content (AvgIpc) is 2.73. The van der Waals surface area contributed by atoms with Crippen LogP contribution in [0.4, 0.5) is 4.39 Å². The summed E-state index contributed by atoms with van der Waals surface area (Å²) in [7, 11) is 0. The minimum absolute atomic E-state index is 0.102. The molecule has 2 aliphatic heterocycles. The molecular formula is C14H14FNO. The van der Waals surface area contributed by atoms with Crippen molar-refractivity contribution in [2.45, 2.75) is 31.7 Å². The zero-order valence-corrected chi connectivity index (χ0v) is 9.53. The molecule has 1 saturated heterocycles. The minimum Gasteiger partial charge on any atom is -0.309 e. The molecule has 1 unspecified atom stereocenters. The van der Waals surface area contributed by atoms with E-state index in [2.05, 4.69) is 6.08 Å². The number of carbonyl (C=O) groups is 1. The second-order valence-electron chi connectivity index (χ2n) is 4.60. The van der Waals surface area contributed by atoms with Crippen LogP contribution in [0.3, 0.4) is 0 Å². The van der Waals surface area contributed by atoms with Gasteiger partial charge in [0.1, 0.15) is 5.82 Å². The minimum atomic E-state index is -0.229. The van der Waals surface area contributed by atoms with Crippen molar-refractivity contribution in [3.8, 4) is 0 Å². The van der Waals surface area contributed by atoms with E-state index < -0.39 is 0 Å². The Morgan fingerprint density at radius 2 is 1.94 bits per heavy atom. The summed E-state index contributed by atoms with van der Waals surface area (Å²) in [6.07, 6.45) is 5.56. The molecule has 0 saturated carbocycles. The lowest BCUT2D eigenvalue weighted by atomic mass is 9.97. The normalized spacial score (nSPS) is 23.6. The Hall–Kier alpha value is -1.64. The lowest BCUT2D eigenvalue weighted by Crippen LogP contribution is -2.30. The van der Waals surface area contributed by atoms with Crippen LogP contribution in [0, 0.1) is 5.82 Å². The van der Waals surface area contributed by atoms with E-state index in [4.69, 9.17) is 0 Å². The van der Waals surface area contributed by atoms with Crippen molar-refractivity contribution in [1.82, 2.24) is 4.90 Å². The molecule has 0 spiro atoms. The van der Waals surface area contributed by atoms with Crippen molar-refractivity contribution >= 4 is 5.91 Å². The van der Waals surface area contributed by atoms with Gasteiger partial charge in [0.25, 0.3) is 0 Å². The molecule has 3 rings (SSSR count). The average molecular weight is 231 g/mol.